The van der Waals surface area contributed by atoms with Crippen molar-refractivity contribution < 1.29 is 9.32 Å². The van der Waals surface area contributed by atoms with Gasteiger partial charge in [0.15, 0.2) is 0 Å². The molecule has 0 unspecified atom stereocenters. The Labute approximate surface area is 133 Å². The van der Waals surface area contributed by atoms with Crippen molar-refractivity contribution in [1.82, 2.24) is 0 Å². The van der Waals surface area contributed by atoms with Crippen molar-refractivity contribution in [3.8, 4) is 0 Å². The van der Waals surface area contributed by atoms with Crippen LogP contribution in [-0.2, 0) is 15.7 Å². The Kier molecular flexibility index (Phi) is 4.52. The Hall–Kier alpha value is -0.843. The van der Waals surface area contributed by atoms with Gasteiger partial charge in [0.25, 0.3) is 0 Å². The number of hydrogen-bond donors (Lipinski definition) is 0. The molecule has 0 fully saturated rings. The topological polar surface area (TPSA) is 29.5 Å². The van der Waals surface area contributed by atoms with Gasteiger partial charge < -0.3 is 4.53 Å². The molecule has 1 aromatic carbocycles. The molecule has 0 atom stereocenters. The van der Waals surface area contributed by atoms with Crippen LogP contribution >= 0.6 is 11.6 Å². The Morgan fingerprint density at radius 3 is 2.52 bits per heavy atom. The molecule has 0 aromatic heterocycles. The van der Waals surface area contributed by atoms with Crippen LogP contribution in [0.1, 0.15) is 39.2 Å². The smallest absolute Gasteiger partial charge is 0.249 e. The normalized spacial score (nSPS) is 16.7. The molecule has 5 heteroatoms. The number of aryl methyl sites for hydroxylation is 1. The molecule has 0 N–H and O–H groups in total. The lowest BCUT2D eigenvalue weighted by molar-refractivity contribution is -0.123. The van der Waals surface area contributed by atoms with E-state index in [2.05, 4.69) is 33.9 Å². The van der Waals surface area contributed by atoms with Gasteiger partial charge in [-0.1, -0.05) is 32.4 Å². The number of nitrogens with zero attached hydrogens (tertiary/aromatic N) is 1. The summed E-state index contributed by atoms with van der Waals surface area (Å²) in [7, 11) is -2.07. The number of carbonyl (C=O) groups is 1. The summed E-state index contributed by atoms with van der Waals surface area (Å²) in [5.74, 6) is 0.0425. The monoisotopic (exact) mass is 325 g/mol. The third-order valence-corrected chi connectivity index (χ3v) is 8.94. The number of hydroxylamine groups is 1. The molecule has 0 saturated heterocycles. The molecule has 0 aliphatic carbocycles. The van der Waals surface area contributed by atoms with Crippen LogP contribution in [0.25, 0.3) is 0 Å². The van der Waals surface area contributed by atoms with Crippen molar-refractivity contribution in [3.05, 3.63) is 28.8 Å². The number of rotatable bonds is 2. The number of halogens is 1. The fraction of sp³-hybridized carbons (Fsp3) is 0.562. The third-order valence-electron chi connectivity index (χ3n) is 4.45. The van der Waals surface area contributed by atoms with Crippen LogP contribution in [0.15, 0.2) is 18.2 Å². The van der Waals surface area contributed by atoms with Gasteiger partial charge in [0, 0.05) is 11.4 Å². The predicted octanol–water partition coefficient (Wildman–Crippen LogP) is 4.95. The summed E-state index contributed by atoms with van der Waals surface area (Å²) in [6.07, 6.45) is 2.21. The number of carbonyl (C=O) groups excluding carboxylic acids is 1. The number of benzene rings is 1. The molecule has 116 valence electrons. The zero-order valence-electron chi connectivity index (χ0n) is 13.5. The maximum Gasteiger partial charge on any atom is 0.249 e. The van der Waals surface area contributed by atoms with E-state index in [1.54, 1.807) is 0 Å². The second kappa shape index (κ2) is 5.74. The van der Waals surface area contributed by atoms with Crippen LogP contribution in [-0.4, -0.2) is 14.2 Å². The van der Waals surface area contributed by atoms with E-state index >= 15 is 0 Å². The quantitative estimate of drug-likeness (QED) is 0.720. The van der Waals surface area contributed by atoms with Gasteiger partial charge in [-0.3, -0.25) is 4.79 Å². The largest absolute Gasteiger partial charge is 0.312 e. The molecule has 1 aromatic rings. The van der Waals surface area contributed by atoms with Gasteiger partial charge >= 0.3 is 0 Å². The van der Waals surface area contributed by atoms with Crippen LogP contribution in [0.4, 0.5) is 5.69 Å². The van der Waals surface area contributed by atoms with Gasteiger partial charge in [-0.2, -0.15) is 5.06 Å². The van der Waals surface area contributed by atoms with E-state index in [1.807, 2.05) is 18.2 Å². The highest BCUT2D eigenvalue weighted by Gasteiger charge is 2.41. The summed E-state index contributed by atoms with van der Waals surface area (Å²) in [5.41, 5.74) is 1.94. The van der Waals surface area contributed by atoms with E-state index in [-0.39, 0.29) is 10.9 Å². The molecule has 1 aliphatic rings. The second-order valence-corrected chi connectivity index (χ2v) is 12.3. The first-order chi connectivity index (χ1) is 9.62. The molecule has 0 bridgehead atoms. The van der Waals surface area contributed by atoms with Crippen molar-refractivity contribution in [2.75, 3.05) is 5.06 Å². The summed E-state index contributed by atoms with van der Waals surface area (Å²) in [6.45, 7) is 10.8. The van der Waals surface area contributed by atoms with Crippen LogP contribution < -0.4 is 5.06 Å². The highest BCUT2D eigenvalue weighted by atomic mass is 35.5. The Morgan fingerprint density at radius 1 is 1.24 bits per heavy atom. The summed E-state index contributed by atoms with van der Waals surface area (Å²) in [5, 5.41) is 2.29. The maximum atomic E-state index is 12.5. The summed E-state index contributed by atoms with van der Waals surface area (Å²) >= 11 is 6.08. The first-order valence-corrected chi connectivity index (χ1v) is 10.7. The molecular formula is C16H24ClNO2Si. The number of fused-ring (bicyclic) bond motifs is 1. The minimum atomic E-state index is -2.07. The lowest BCUT2D eigenvalue weighted by Gasteiger charge is -2.39. The van der Waals surface area contributed by atoms with Crippen molar-refractivity contribution in [2.45, 2.75) is 58.2 Å². The summed E-state index contributed by atoms with van der Waals surface area (Å²) in [4.78, 5) is 12.5. The first-order valence-electron chi connectivity index (χ1n) is 7.42. The lowest BCUT2D eigenvalue weighted by Crippen LogP contribution is -2.48. The molecule has 1 amide bonds. The molecule has 1 heterocycles. The van der Waals surface area contributed by atoms with Crippen LogP contribution in [0.3, 0.4) is 0 Å². The van der Waals surface area contributed by atoms with Gasteiger partial charge in [0.05, 0.1) is 5.69 Å². The summed E-state index contributed by atoms with van der Waals surface area (Å²) < 4.78 is 6.28. The highest BCUT2D eigenvalue weighted by Crippen LogP contribution is 2.39. The zero-order valence-corrected chi connectivity index (χ0v) is 15.3. The lowest BCUT2D eigenvalue weighted by atomic mass is 10.1. The van der Waals surface area contributed by atoms with Crippen molar-refractivity contribution in [3.63, 3.8) is 0 Å². The minimum Gasteiger partial charge on any atom is -0.312 e. The van der Waals surface area contributed by atoms with Crippen LogP contribution in [0, 0.1) is 0 Å². The van der Waals surface area contributed by atoms with E-state index < -0.39 is 8.32 Å². The average Bonchev–Trinajstić information content (AvgIpc) is 2.48. The SMILES string of the molecule is CC(C)(C)[Si](C)(C)ON1C(=O)CCCc2cc(Cl)ccc21. The maximum absolute atomic E-state index is 12.5. The van der Waals surface area contributed by atoms with Crippen molar-refractivity contribution in [2.24, 2.45) is 0 Å². The van der Waals surface area contributed by atoms with Crippen molar-refractivity contribution in [1.29, 1.82) is 0 Å². The van der Waals surface area contributed by atoms with Gasteiger partial charge in [-0.15, -0.1) is 0 Å². The van der Waals surface area contributed by atoms with Crippen molar-refractivity contribution >= 4 is 31.5 Å². The third kappa shape index (κ3) is 3.50. The van der Waals surface area contributed by atoms with Gasteiger partial charge in [-0.05, 0) is 54.7 Å². The molecule has 0 saturated carbocycles. The fourth-order valence-electron chi connectivity index (χ4n) is 2.08. The molecule has 0 radical (unpaired) electrons. The van der Waals surface area contributed by atoms with E-state index in [0.717, 1.165) is 24.1 Å². The highest BCUT2D eigenvalue weighted by molar-refractivity contribution is 6.74. The molecule has 0 spiro atoms. The second-order valence-electron chi connectivity index (χ2n) is 7.17. The predicted molar refractivity (Wildman–Crippen MR) is 90.2 cm³/mol. The Bertz CT molecular complexity index is 552. The van der Waals surface area contributed by atoms with Gasteiger partial charge in [0.1, 0.15) is 0 Å². The van der Waals surface area contributed by atoms with Gasteiger partial charge in [0.2, 0.25) is 14.2 Å². The zero-order chi connectivity index (χ0) is 15.8. The van der Waals surface area contributed by atoms with Crippen LogP contribution in [0.5, 0.6) is 0 Å². The van der Waals surface area contributed by atoms with E-state index in [0.29, 0.717) is 11.4 Å². The molecule has 21 heavy (non-hydrogen) atoms. The fourth-order valence-corrected chi connectivity index (χ4v) is 3.21. The molecular weight excluding hydrogens is 302 g/mol. The molecule has 2 rings (SSSR count). The van der Waals surface area contributed by atoms with E-state index in [9.17, 15) is 4.79 Å². The standard InChI is InChI=1S/C16H24ClNO2Si/c1-16(2,3)21(4,5)20-18-14-10-9-13(17)11-12(14)7-6-8-15(18)19/h9-11H,6-8H2,1-5H3. The average molecular weight is 326 g/mol. The molecule has 3 nitrogen and oxygen atoms in total. The Morgan fingerprint density at radius 2 is 1.90 bits per heavy atom. The van der Waals surface area contributed by atoms with E-state index in [4.69, 9.17) is 16.1 Å². The number of anilines is 1. The first kappa shape index (κ1) is 16.5. The molecule has 1 aliphatic heterocycles. The summed E-state index contributed by atoms with van der Waals surface area (Å²) in [6, 6.07) is 5.66. The van der Waals surface area contributed by atoms with Crippen LogP contribution in [0.2, 0.25) is 23.2 Å². The number of amides is 1. The van der Waals surface area contributed by atoms with Gasteiger partial charge in [-0.25, -0.2) is 0 Å². The Balaban J connectivity index is 2.40. The number of hydrogen-bond acceptors (Lipinski definition) is 2. The van der Waals surface area contributed by atoms with E-state index in [1.165, 1.54) is 5.06 Å². The minimum absolute atomic E-state index is 0.0425.